The van der Waals surface area contributed by atoms with E-state index in [9.17, 15) is 0 Å². The molecule has 1 aromatic rings. The molecule has 1 aliphatic heterocycles. The van der Waals surface area contributed by atoms with E-state index in [0.29, 0.717) is 13.2 Å². The van der Waals surface area contributed by atoms with Crippen molar-refractivity contribution >= 4 is 12.9 Å². The van der Waals surface area contributed by atoms with E-state index in [2.05, 4.69) is 0 Å². The van der Waals surface area contributed by atoms with Crippen LogP contribution in [0.5, 0.6) is 5.75 Å². The summed E-state index contributed by atoms with van der Waals surface area (Å²) < 4.78 is 22.6. The van der Waals surface area contributed by atoms with Gasteiger partial charge in [-0.15, -0.1) is 0 Å². The molecule has 2 N–H and O–H groups in total. The first-order chi connectivity index (χ1) is 11.8. The largest absolute Gasteiger partial charge is 0.491 e. The summed E-state index contributed by atoms with van der Waals surface area (Å²) >= 11 is 0. The van der Waals surface area contributed by atoms with Gasteiger partial charge in [-0.3, -0.25) is 0 Å². The highest BCUT2D eigenvalue weighted by atomic mass is 16.7. The SMILES string of the molecule is CC(C)([OH2+])C(C)(C)O[B]c1ccc(OCCOC2CCCCO2)cc1. The molecule has 25 heavy (non-hydrogen) atoms. The molecule has 1 atom stereocenters. The zero-order chi connectivity index (χ0) is 18.3. The van der Waals surface area contributed by atoms with Gasteiger partial charge in [-0.1, -0.05) is 17.6 Å². The van der Waals surface area contributed by atoms with Gasteiger partial charge in [-0.2, -0.15) is 0 Å². The molecule has 139 valence electrons. The summed E-state index contributed by atoms with van der Waals surface area (Å²) in [6.07, 6.45) is 3.19. The van der Waals surface area contributed by atoms with Gasteiger partial charge in [-0.25, -0.2) is 0 Å². The Labute approximate surface area is 151 Å². The Hall–Kier alpha value is -1.08. The zero-order valence-electron chi connectivity index (χ0n) is 15.8. The Bertz CT molecular complexity index is 504. The van der Waals surface area contributed by atoms with Crippen LogP contribution in [0.25, 0.3) is 0 Å². The quantitative estimate of drug-likeness (QED) is 0.389. The molecule has 6 heteroatoms. The maximum Gasteiger partial charge on any atom is 0.331 e. The van der Waals surface area contributed by atoms with Crippen LogP contribution < -0.4 is 10.2 Å². The van der Waals surface area contributed by atoms with Gasteiger partial charge in [0, 0.05) is 20.5 Å². The van der Waals surface area contributed by atoms with E-state index in [1.54, 1.807) is 7.48 Å². The Balaban J connectivity index is 1.69. The summed E-state index contributed by atoms with van der Waals surface area (Å²) in [5.74, 6) is 0.797. The molecular weight excluding hydrogens is 319 g/mol. The van der Waals surface area contributed by atoms with E-state index < -0.39 is 11.2 Å². The Kier molecular flexibility index (Phi) is 7.31. The smallest absolute Gasteiger partial charge is 0.331 e. The second-order valence-electron chi connectivity index (χ2n) is 7.46. The van der Waals surface area contributed by atoms with Crippen LogP contribution in [0.15, 0.2) is 24.3 Å². The molecule has 1 unspecified atom stereocenters. The van der Waals surface area contributed by atoms with Crippen molar-refractivity contribution in [3.05, 3.63) is 24.3 Å². The number of ether oxygens (including phenoxy) is 3. The van der Waals surface area contributed by atoms with Gasteiger partial charge in [0.15, 0.2) is 11.9 Å². The van der Waals surface area contributed by atoms with E-state index in [-0.39, 0.29) is 6.29 Å². The topological polar surface area (TPSA) is 59.8 Å². The van der Waals surface area contributed by atoms with Crippen molar-refractivity contribution in [1.29, 1.82) is 0 Å². The molecule has 5 nitrogen and oxygen atoms in total. The van der Waals surface area contributed by atoms with Crippen LogP contribution in [0.2, 0.25) is 0 Å². The lowest BCUT2D eigenvalue weighted by molar-refractivity contribution is -0.165. The van der Waals surface area contributed by atoms with Crippen LogP contribution in [0.3, 0.4) is 0 Å². The molecule has 2 rings (SSSR count). The van der Waals surface area contributed by atoms with E-state index in [1.807, 2.05) is 52.0 Å². The molecule has 1 heterocycles. The lowest BCUT2D eigenvalue weighted by atomic mass is 9.82. The highest BCUT2D eigenvalue weighted by Crippen LogP contribution is 2.24. The van der Waals surface area contributed by atoms with Gasteiger partial charge in [0.2, 0.25) is 0 Å². The van der Waals surface area contributed by atoms with E-state index >= 15 is 0 Å². The van der Waals surface area contributed by atoms with Gasteiger partial charge in [0.1, 0.15) is 18.0 Å². The molecular formula is C19H31BO5+. The lowest BCUT2D eigenvalue weighted by Crippen LogP contribution is -2.49. The lowest BCUT2D eigenvalue weighted by Gasteiger charge is -2.33. The van der Waals surface area contributed by atoms with Crippen molar-refractivity contribution in [2.24, 2.45) is 0 Å². The molecule has 0 spiro atoms. The molecule has 1 aromatic carbocycles. The van der Waals surface area contributed by atoms with Crippen molar-refractivity contribution < 1.29 is 24.0 Å². The molecule has 1 saturated heterocycles. The Morgan fingerprint density at radius 3 is 2.44 bits per heavy atom. The van der Waals surface area contributed by atoms with Crippen LogP contribution in [0, 0.1) is 0 Å². The predicted molar refractivity (Wildman–Crippen MR) is 99.7 cm³/mol. The Morgan fingerprint density at radius 2 is 1.84 bits per heavy atom. The van der Waals surface area contributed by atoms with E-state index in [4.69, 9.17) is 24.0 Å². The minimum absolute atomic E-state index is 0.0730. The zero-order valence-corrected chi connectivity index (χ0v) is 15.8. The monoisotopic (exact) mass is 350 g/mol. The third-order valence-corrected chi connectivity index (χ3v) is 4.67. The highest BCUT2D eigenvalue weighted by Gasteiger charge is 2.40. The molecule has 1 fully saturated rings. The molecule has 0 aromatic heterocycles. The molecule has 1 radical (unpaired) electrons. The summed E-state index contributed by atoms with van der Waals surface area (Å²) in [7, 11) is 1.70. The first-order valence-corrected chi connectivity index (χ1v) is 9.00. The highest BCUT2D eigenvalue weighted by molar-refractivity contribution is 6.47. The third-order valence-electron chi connectivity index (χ3n) is 4.67. The second-order valence-corrected chi connectivity index (χ2v) is 7.46. The normalized spacial score (nSPS) is 18.8. The number of benzene rings is 1. The van der Waals surface area contributed by atoms with Crippen molar-refractivity contribution in [2.45, 2.75) is 64.4 Å². The molecule has 0 bridgehead atoms. The van der Waals surface area contributed by atoms with Gasteiger partial charge in [0.25, 0.3) is 0 Å². The van der Waals surface area contributed by atoms with Crippen molar-refractivity contribution in [3.63, 3.8) is 0 Å². The van der Waals surface area contributed by atoms with Gasteiger partial charge >= 0.3 is 7.48 Å². The van der Waals surface area contributed by atoms with Crippen LogP contribution in [-0.2, 0) is 14.1 Å². The van der Waals surface area contributed by atoms with Crippen LogP contribution in [0.4, 0.5) is 0 Å². The van der Waals surface area contributed by atoms with Gasteiger partial charge < -0.3 is 24.0 Å². The van der Waals surface area contributed by atoms with Crippen molar-refractivity contribution in [3.8, 4) is 5.75 Å². The van der Waals surface area contributed by atoms with Crippen LogP contribution >= 0.6 is 0 Å². The number of rotatable bonds is 9. The van der Waals surface area contributed by atoms with Crippen LogP contribution in [-0.4, -0.2) is 49.9 Å². The summed E-state index contributed by atoms with van der Waals surface area (Å²) in [6, 6.07) is 7.69. The molecule has 0 aliphatic carbocycles. The fourth-order valence-corrected chi connectivity index (χ4v) is 2.19. The van der Waals surface area contributed by atoms with Crippen molar-refractivity contribution in [1.82, 2.24) is 0 Å². The standard InChI is InChI=1S/C19H30BO5/c1-18(2,21)19(3,4)25-20-15-8-10-16(11-9-15)22-13-14-24-17-7-5-6-12-23-17/h8-11,17,21H,5-7,12-14H2,1-4H3/p+1. The molecule has 0 amide bonds. The Morgan fingerprint density at radius 1 is 1.12 bits per heavy atom. The summed E-state index contributed by atoms with van der Waals surface area (Å²) in [5.41, 5.74) is -0.313. The summed E-state index contributed by atoms with van der Waals surface area (Å²) in [4.78, 5) is 0. The minimum Gasteiger partial charge on any atom is -0.491 e. The molecule has 1 aliphatic rings. The average Bonchev–Trinajstić information content (AvgIpc) is 2.58. The number of hydrogen-bond acceptors (Lipinski definition) is 4. The first-order valence-electron chi connectivity index (χ1n) is 9.00. The van der Waals surface area contributed by atoms with Crippen LogP contribution in [0.1, 0.15) is 47.0 Å². The average molecular weight is 350 g/mol. The summed E-state index contributed by atoms with van der Waals surface area (Å²) in [6.45, 7) is 9.35. The van der Waals surface area contributed by atoms with E-state index in [1.165, 1.54) is 6.42 Å². The predicted octanol–water partition coefficient (Wildman–Crippen LogP) is 2.15. The fourth-order valence-electron chi connectivity index (χ4n) is 2.19. The minimum atomic E-state index is -0.686. The van der Waals surface area contributed by atoms with Crippen molar-refractivity contribution in [2.75, 3.05) is 19.8 Å². The second kappa shape index (κ2) is 9.03. The fraction of sp³-hybridized carbons (Fsp3) is 0.684. The maximum absolute atomic E-state index is 8.12. The first kappa shape index (κ1) is 20.2. The van der Waals surface area contributed by atoms with E-state index in [0.717, 1.165) is 30.7 Å². The van der Waals surface area contributed by atoms with Gasteiger partial charge in [-0.05, 0) is 45.2 Å². The number of hydrogen-bond donors (Lipinski definition) is 0. The van der Waals surface area contributed by atoms with Gasteiger partial charge in [0.05, 0.1) is 6.61 Å². The third kappa shape index (κ3) is 6.62. The molecule has 0 saturated carbocycles. The maximum atomic E-state index is 8.12. The summed E-state index contributed by atoms with van der Waals surface area (Å²) in [5, 5.41) is 8.12.